The Hall–Kier alpha value is 0.270. The monoisotopic (exact) mass is 214 g/mol. The van der Waals surface area contributed by atoms with Crippen LogP contribution in [0.2, 0.25) is 0 Å². The van der Waals surface area contributed by atoms with Crippen LogP contribution in [0.3, 0.4) is 0 Å². The zero-order valence-corrected chi connectivity index (χ0v) is 10.3. The van der Waals surface area contributed by atoms with E-state index in [1.165, 1.54) is 25.7 Å². The minimum atomic E-state index is 0.109. The highest BCUT2D eigenvalue weighted by Crippen LogP contribution is 2.47. The van der Waals surface area contributed by atoms with Crippen LogP contribution in [-0.2, 0) is 0 Å². The Bertz CT molecular complexity index is 217. The van der Waals surface area contributed by atoms with Crippen LogP contribution in [0.25, 0.3) is 0 Å². The summed E-state index contributed by atoms with van der Waals surface area (Å²) in [6.07, 6.45) is 5.38. The molecule has 1 atom stereocenters. The topological polar surface area (TPSA) is 38.0 Å². The number of nitrogens with two attached hydrogens (primary N) is 1. The molecule has 0 radical (unpaired) electrons. The average molecular weight is 214 g/mol. The lowest BCUT2D eigenvalue weighted by atomic mass is 9.73. The standard InChI is InChI=1S/C11H22N2S/c1-10(2)8-4-6-11(3,7-5-8)14-9(12)13-10/h8-9,13H,4-7,12H2,1-3H3/t8?,9-,11?/m0/s1. The van der Waals surface area contributed by atoms with E-state index in [0.29, 0.717) is 4.75 Å². The summed E-state index contributed by atoms with van der Waals surface area (Å²) in [4.78, 5) is 0. The van der Waals surface area contributed by atoms with Gasteiger partial charge in [-0.1, -0.05) is 6.92 Å². The van der Waals surface area contributed by atoms with E-state index >= 15 is 0 Å². The first-order valence-corrected chi connectivity index (χ1v) is 6.50. The van der Waals surface area contributed by atoms with Crippen molar-refractivity contribution in [3.63, 3.8) is 0 Å². The average Bonchev–Trinajstić information content (AvgIpc) is 2.00. The second kappa shape index (κ2) is 3.39. The van der Waals surface area contributed by atoms with Gasteiger partial charge in [0.25, 0.3) is 0 Å². The number of hydrogen-bond acceptors (Lipinski definition) is 3. The van der Waals surface area contributed by atoms with Gasteiger partial charge in [0.2, 0.25) is 0 Å². The van der Waals surface area contributed by atoms with Crippen LogP contribution in [0.5, 0.6) is 0 Å². The Labute approximate surface area is 91.4 Å². The second-order valence-corrected chi connectivity index (χ2v) is 7.36. The van der Waals surface area contributed by atoms with E-state index in [0.717, 1.165) is 5.92 Å². The third-order valence-corrected chi connectivity index (χ3v) is 5.34. The SMILES string of the molecule is CC12CCC(CC1)C(C)(C)N[C@H](N)S2. The maximum Gasteiger partial charge on any atom is 0.104 e. The largest absolute Gasteiger partial charge is 0.307 e. The van der Waals surface area contributed by atoms with Crippen molar-refractivity contribution in [3.8, 4) is 0 Å². The highest BCUT2D eigenvalue weighted by atomic mass is 32.2. The second-order valence-electron chi connectivity index (χ2n) is 5.63. The maximum absolute atomic E-state index is 6.10. The highest BCUT2D eigenvalue weighted by Gasteiger charge is 2.42. The van der Waals surface area contributed by atoms with Gasteiger partial charge in [0, 0.05) is 10.3 Å². The molecule has 1 saturated carbocycles. The molecule has 2 bridgehead atoms. The van der Waals surface area contributed by atoms with Crippen LogP contribution in [0, 0.1) is 5.92 Å². The summed E-state index contributed by atoms with van der Waals surface area (Å²) >= 11 is 1.93. The molecule has 3 aliphatic rings. The van der Waals surface area contributed by atoms with E-state index in [4.69, 9.17) is 5.73 Å². The molecule has 3 N–H and O–H groups in total. The first-order valence-electron chi connectivity index (χ1n) is 5.62. The number of rotatable bonds is 0. The Morgan fingerprint density at radius 2 is 1.79 bits per heavy atom. The van der Waals surface area contributed by atoms with Crippen molar-refractivity contribution in [2.45, 2.75) is 62.2 Å². The number of nitrogens with one attached hydrogen (secondary N) is 1. The molecule has 0 aromatic rings. The van der Waals surface area contributed by atoms with Crippen molar-refractivity contribution < 1.29 is 0 Å². The van der Waals surface area contributed by atoms with Gasteiger partial charge in [-0.2, -0.15) is 0 Å². The van der Waals surface area contributed by atoms with E-state index < -0.39 is 0 Å². The molecular formula is C11H22N2S. The Kier molecular flexibility index (Phi) is 2.61. The fourth-order valence-electron chi connectivity index (χ4n) is 2.89. The van der Waals surface area contributed by atoms with Gasteiger partial charge >= 0.3 is 0 Å². The third-order valence-electron chi connectivity index (χ3n) is 3.99. The fraction of sp³-hybridized carbons (Fsp3) is 1.00. The third kappa shape index (κ3) is 1.95. The van der Waals surface area contributed by atoms with Crippen LogP contribution in [0.1, 0.15) is 46.5 Å². The molecular weight excluding hydrogens is 192 g/mol. The summed E-state index contributed by atoms with van der Waals surface area (Å²) in [5.41, 5.74) is 6.43. The molecule has 82 valence electrons. The summed E-state index contributed by atoms with van der Waals surface area (Å²) < 4.78 is 0.430. The lowest BCUT2D eigenvalue weighted by molar-refractivity contribution is 0.168. The Balaban J connectivity index is 2.19. The zero-order valence-electron chi connectivity index (χ0n) is 9.47. The molecule has 3 fully saturated rings. The van der Waals surface area contributed by atoms with Crippen molar-refractivity contribution in [3.05, 3.63) is 0 Å². The highest BCUT2D eigenvalue weighted by molar-refractivity contribution is 8.01. The summed E-state index contributed by atoms with van der Waals surface area (Å²) in [5, 5.41) is 3.56. The van der Waals surface area contributed by atoms with Gasteiger partial charge in [-0.15, -0.1) is 11.8 Å². The summed E-state index contributed by atoms with van der Waals surface area (Å²) in [7, 11) is 0. The van der Waals surface area contributed by atoms with Crippen molar-refractivity contribution in [1.29, 1.82) is 0 Å². The van der Waals surface area contributed by atoms with Gasteiger partial charge in [-0.05, 0) is 45.4 Å². The predicted octanol–water partition coefficient (Wildman–Crippen LogP) is 2.29. The van der Waals surface area contributed by atoms with Crippen LogP contribution >= 0.6 is 11.8 Å². The summed E-state index contributed by atoms with van der Waals surface area (Å²) in [5.74, 6) is 0.808. The number of thioether (sulfide) groups is 1. The maximum atomic E-state index is 6.10. The van der Waals surface area contributed by atoms with Crippen molar-refractivity contribution in [1.82, 2.24) is 5.32 Å². The van der Waals surface area contributed by atoms with Crippen molar-refractivity contribution >= 4 is 11.8 Å². The van der Waals surface area contributed by atoms with Crippen LogP contribution in [0.15, 0.2) is 0 Å². The van der Waals surface area contributed by atoms with Gasteiger partial charge in [0.15, 0.2) is 0 Å². The summed E-state index contributed by atoms with van der Waals surface area (Å²) in [6.45, 7) is 6.96. The smallest absolute Gasteiger partial charge is 0.104 e. The van der Waals surface area contributed by atoms with E-state index in [1.54, 1.807) is 0 Å². The van der Waals surface area contributed by atoms with Gasteiger partial charge in [0.05, 0.1) is 0 Å². The van der Waals surface area contributed by atoms with E-state index in [-0.39, 0.29) is 11.0 Å². The van der Waals surface area contributed by atoms with Crippen LogP contribution in [-0.4, -0.2) is 15.8 Å². The van der Waals surface area contributed by atoms with Gasteiger partial charge in [-0.3, -0.25) is 5.32 Å². The van der Waals surface area contributed by atoms with Gasteiger partial charge < -0.3 is 5.73 Å². The lowest BCUT2D eigenvalue weighted by Crippen LogP contribution is -2.58. The minimum Gasteiger partial charge on any atom is -0.307 e. The molecule has 2 nitrogen and oxygen atoms in total. The molecule has 1 aliphatic carbocycles. The molecule has 0 spiro atoms. The minimum absolute atomic E-state index is 0.109. The molecule has 0 aromatic heterocycles. The summed E-state index contributed by atoms with van der Waals surface area (Å²) in [6, 6.07) is 0. The molecule has 2 aliphatic heterocycles. The normalized spacial score (nSPS) is 47.1. The lowest BCUT2D eigenvalue weighted by Gasteiger charge is -2.49. The van der Waals surface area contributed by atoms with Crippen LogP contribution in [0.4, 0.5) is 0 Å². The molecule has 0 aromatic carbocycles. The molecule has 2 saturated heterocycles. The Morgan fingerprint density at radius 3 is 2.36 bits per heavy atom. The van der Waals surface area contributed by atoms with Crippen molar-refractivity contribution in [2.75, 3.05) is 0 Å². The number of fused-ring (bicyclic) bond motifs is 5. The number of hydrogen-bond donors (Lipinski definition) is 2. The molecule has 2 heterocycles. The van der Waals surface area contributed by atoms with E-state index in [1.807, 2.05) is 11.8 Å². The fourth-order valence-corrected chi connectivity index (χ4v) is 4.34. The van der Waals surface area contributed by atoms with Crippen molar-refractivity contribution in [2.24, 2.45) is 11.7 Å². The van der Waals surface area contributed by atoms with Gasteiger partial charge in [-0.25, -0.2) is 0 Å². The van der Waals surface area contributed by atoms with E-state index in [2.05, 4.69) is 26.1 Å². The first kappa shape index (κ1) is 10.8. The van der Waals surface area contributed by atoms with Crippen LogP contribution < -0.4 is 11.1 Å². The molecule has 3 rings (SSSR count). The quantitative estimate of drug-likeness (QED) is 0.650. The first-order chi connectivity index (χ1) is 6.41. The van der Waals surface area contributed by atoms with Gasteiger partial charge in [0.1, 0.15) is 5.50 Å². The van der Waals surface area contributed by atoms with E-state index in [9.17, 15) is 0 Å². The Morgan fingerprint density at radius 1 is 1.21 bits per heavy atom. The zero-order chi connectivity index (χ0) is 10.4. The predicted molar refractivity (Wildman–Crippen MR) is 63.1 cm³/mol. The molecule has 3 heteroatoms. The molecule has 0 unspecified atom stereocenters. The molecule has 14 heavy (non-hydrogen) atoms. The molecule has 0 amide bonds.